The van der Waals surface area contributed by atoms with Crippen LogP contribution >= 0.6 is 11.3 Å². The summed E-state index contributed by atoms with van der Waals surface area (Å²) in [5.74, 6) is -0.151. The number of benzene rings is 1. The fraction of sp³-hybridized carbons (Fsp3) is 0.429. The number of halogens is 1. The van der Waals surface area contributed by atoms with Gasteiger partial charge in [0.2, 0.25) is 5.91 Å². The second-order valence-electron chi connectivity index (χ2n) is 12.1. The van der Waals surface area contributed by atoms with Crippen LogP contribution in [0, 0.1) is 5.82 Å². The zero-order chi connectivity index (χ0) is 34.0. The first-order valence-electron chi connectivity index (χ1n) is 16.5. The summed E-state index contributed by atoms with van der Waals surface area (Å²) >= 11 is 1.48. The first-order valence-corrected chi connectivity index (χ1v) is 17.3. The van der Waals surface area contributed by atoms with Crippen molar-refractivity contribution in [3.8, 4) is 22.1 Å². The van der Waals surface area contributed by atoms with Crippen LogP contribution in [0.5, 0.6) is 11.5 Å². The van der Waals surface area contributed by atoms with Crippen molar-refractivity contribution in [2.75, 3.05) is 58.6 Å². The third-order valence-electron chi connectivity index (χ3n) is 8.17. The average Bonchev–Trinajstić information content (AvgIpc) is 3.80. The lowest BCUT2D eigenvalue weighted by atomic mass is 10.0. The quantitative estimate of drug-likeness (QED) is 0.133. The highest BCUT2D eigenvalue weighted by Gasteiger charge is 2.24. The minimum Gasteiger partial charge on any atom is -0.453 e. The van der Waals surface area contributed by atoms with Gasteiger partial charge in [-0.15, -0.1) is 11.3 Å². The second kappa shape index (κ2) is 16.9. The van der Waals surface area contributed by atoms with Crippen molar-refractivity contribution in [1.29, 1.82) is 0 Å². The zero-order valence-electron chi connectivity index (χ0n) is 27.4. The molecule has 4 heterocycles. The van der Waals surface area contributed by atoms with Gasteiger partial charge in [0.05, 0.1) is 47.2 Å². The van der Waals surface area contributed by atoms with Crippen molar-refractivity contribution in [1.82, 2.24) is 25.5 Å². The Balaban J connectivity index is 0.974. The van der Waals surface area contributed by atoms with Crippen LogP contribution in [-0.4, -0.2) is 92.1 Å². The number of thiophene rings is 1. The van der Waals surface area contributed by atoms with E-state index in [1.54, 1.807) is 25.4 Å². The van der Waals surface area contributed by atoms with E-state index in [9.17, 15) is 14.0 Å². The molecule has 2 fully saturated rings. The van der Waals surface area contributed by atoms with E-state index >= 15 is 0 Å². The van der Waals surface area contributed by atoms with E-state index in [2.05, 4.69) is 31.9 Å². The van der Waals surface area contributed by atoms with Crippen LogP contribution in [0.25, 0.3) is 20.8 Å². The molecule has 0 spiro atoms. The van der Waals surface area contributed by atoms with Gasteiger partial charge in [-0.25, -0.2) is 9.18 Å². The van der Waals surface area contributed by atoms with E-state index in [1.807, 2.05) is 18.3 Å². The molecule has 3 aromatic heterocycles. The van der Waals surface area contributed by atoms with Crippen LogP contribution in [0.3, 0.4) is 0 Å². The number of hydrogen-bond acceptors (Lipinski definition) is 10. The van der Waals surface area contributed by atoms with Gasteiger partial charge < -0.3 is 34.9 Å². The van der Waals surface area contributed by atoms with Crippen molar-refractivity contribution in [3.63, 3.8) is 0 Å². The van der Waals surface area contributed by atoms with Crippen molar-refractivity contribution >= 4 is 39.2 Å². The Morgan fingerprint density at radius 1 is 0.918 bits per heavy atom. The van der Waals surface area contributed by atoms with Crippen LogP contribution in [0.4, 0.5) is 14.9 Å². The maximum Gasteiger partial charge on any atom is 0.319 e. The van der Waals surface area contributed by atoms with Crippen molar-refractivity contribution < 1.29 is 32.9 Å². The minimum atomic E-state index is -0.585. The molecule has 4 aromatic rings. The summed E-state index contributed by atoms with van der Waals surface area (Å²) in [6.07, 6.45) is 7.21. The summed E-state index contributed by atoms with van der Waals surface area (Å²) in [6.45, 7) is 4.41. The van der Waals surface area contributed by atoms with Crippen molar-refractivity contribution in [3.05, 3.63) is 66.2 Å². The lowest BCUT2D eigenvalue weighted by Crippen LogP contribution is -2.45. The van der Waals surface area contributed by atoms with Crippen LogP contribution < -0.4 is 20.7 Å². The Labute approximate surface area is 288 Å². The number of carbonyl (C=O) groups excluding carboxylic acids is 2. The molecule has 1 aliphatic heterocycles. The third kappa shape index (κ3) is 10.2. The fourth-order valence-corrected chi connectivity index (χ4v) is 6.48. The van der Waals surface area contributed by atoms with Crippen LogP contribution in [0.15, 0.2) is 54.9 Å². The van der Waals surface area contributed by atoms with Gasteiger partial charge in [0.1, 0.15) is 12.4 Å². The molecule has 1 aliphatic carbocycles. The maximum absolute atomic E-state index is 14.9. The van der Waals surface area contributed by atoms with Crippen molar-refractivity contribution in [2.45, 2.75) is 44.3 Å². The molecule has 3 N–H and O–H groups in total. The number of hydrogen-bond donors (Lipinski definition) is 3. The molecule has 0 unspecified atom stereocenters. The number of methoxy groups -OCH3 is 1. The number of fused-ring (bicyclic) bond motifs is 1. The molecular weight excluding hydrogens is 651 g/mol. The van der Waals surface area contributed by atoms with E-state index in [-0.39, 0.29) is 36.4 Å². The number of aromatic nitrogens is 2. The molecule has 0 bridgehead atoms. The van der Waals surface area contributed by atoms with E-state index in [0.717, 1.165) is 71.7 Å². The summed E-state index contributed by atoms with van der Waals surface area (Å²) in [6, 6.07) is 12.1. The van der Waals surface area contributed by atoms with Gasteiger partial charge in [0.25, 0.3) is 0 Å². The Hall–Kier alpha value is -4.21. The van der Waals surface area contributed by atoms with Gasteiger partial charge in [0, 0.05) is 69.0 Å². The normalized spacial score (nSPS) is 15.3. The summed E-state index contributed by atoms with van der Waals surface area (Å²) < 4.78 is 37.4. The fourth-order valence-electron chi connectivity index (χ4n) is 5.44. The second-order valence-corrected chi connectivity index (χ2v) is 13.1. The monoisotopic (exact) mass is 692 g/mol. The summed E-state index contributed by atoms with van der Waals surface area (Å²) in [5.41, 5.74) is 3.00. The molecule has 1 aromatic carbocycles. The number of urea groups is 1. The van der Waals surface area contributed by atoms with Gasteiger partial charge in [0.15, 0.2) is 11.6 Å². The topological polar surface area (TPSA) is 136 Å². The predicted octanol–water partition coefficient (Wildman–Crippen LogP) is 5.33. The molecule has 2 aliphatic rings. The van der Waals surface area contributed by atoms with E-state index in [0.29, 0.717) is 37.9 Å². The highest BCUT2D eigenvalue weighted by Crippen LogP contribution is 2.39. The largest absolute Gasteiger partial charge is 0.453 e. The molecule has 0 radical (unpaired) electrons. The SMILES string of the molecule is COCCOCCOCC(=O)NC1CCN(Cc2ccc(-c3cc4nccc(Oc5ccc(NC(=O)NC6CC6)cc5F)c4s3)nc2)CC1. The molecule has 1 saturated heterocycles. The summed E-state index contributed by atoms with van der Waals surface area (Å²) in [5, 5.41) is 8.55. The molecule has 12 nitrogen and oxygen atoms in total. The number of anilines is 1. The Morgan fingerprint density at radius 3 is 2.47 bits per heavy atom. The minimum absolute atomic E-state index is 0.0307. The van der Waals surface area contributed by atoms with Gasteiger partial charge >= 0.3 is 6.03 Å². The first kappa shape index (κ1) is 34.6. The van der Waals surface area contributed by atoms with Crippen LogP contribution in [0.1, 0.15) is 31.2 Å². The standard InChI is InChI=1S/C35H41FN6O6S/c1-45-14-15-46-16-17-47-22-33(43)39-25-9-12-42(13-10-25)21-23-2-6-28(38-20-23)32-19-29-34(49-32)31(8-11-37-29)48-30-7-5-26(18-27(30)36)41-35(44)40-24-3-4-24/h2,5-8,11,18-20,24-25H,3-4,9-10,12-17,21-22H2,1H3,(H,39,43)(H2,40,41,44). The third-order valence-corrected chi connectivity index (χ3v) is 9.33. The number of carbonyl (C=O) groups is 2. The Morgan fingerprint density at radius 2 is 1.71 bits per heavy atom. The van der Waals surface area contributed by atoms with Gasteiger partial charge in [-0.2, -0.15) is 0 Å². The van der Waals surface area contributed by atoms with Gasteiger partial charge in [-0.3, -0.25) is 19.7 Å². The number of amides is 3. The van der Waals surface area contributed by atoms with E-state index < -0.39 is 5.82 Å². The molecule has 6 rings (SSSR count). The average molecular weight is 693 g/mol. The Kier molecular flexibility index (Phi) is 12.0. The summed E-state index contributed by atoms with van der Waals surface area (Å²) in [4.78, 5) is 36.8. The predicted molar refractivity (Wildman–Crippen MR) is 184 cm³/mol. The number of ether oxygens (including phenoxy) is 4. The number of nitrogens with zero attached hydrogens (tertiary/aromatic N) is 3. The highest BCUT2D eigenvalue weighted by molar-refractivity contribution is 7.22. The molecule has 0 atom stereocenters. The van der Waals surface area contributed by atoms with Crippen LogP contribution in [0.2, 0.25) is 0 Å². The number of rotatable bonds is 16. The molecule has 1 saturated carbocycles. The molecular formula is C35H41FN6O6S. The number of piperidine rings is 1. The van der Waals surface area contributed by atoms with Gasteiger partial charge in [-0.1, -0.05) is 6.07 Å². The number of pyridine rings is 2. The molecule has 3 amide bonds. The number of likely N-dealkylation sites (tertiary alicyclic amines) is 1. The van der Waals surface area contributed by atoms with E-state index in [4.69, 9.17) is 23.9 Å². The van der Waals surface area contributed by atoms with Crippen molar-refractivity contribution in [2.24, 2.45) is 0 Å². The van der Waals surface area contributed by atoms with Crippen LogP contribution in [-0.2, 0) is 25.5 Å². The molecule has 260 valence electrons. The molecule has 49 heavy (non-hydrogen) atoms. The summed E-state index contributed by atoms with van der Waals surface area (Å²) in [7, 11) is 1.62. The van der Waals surface area contributed by atoms with Gasteiger partial charge in [-0.05, 0) is 55.5 Å². The zero-order valence-corrected chi connectivity index (χ0v) is 28.2. The lowest BCUT2D eigenvalue weighted by molar-refractivity contribution is -0.127. The smallest absolute Gasteiger partial charge is 0.319 e. The van der Waals surface area contributed by atoms with E-state index in [1.165, 1.54) is 23.5 Å². The first-order chi connectivity index (χ1) is 23.9. The molecule has 14 heteroatoms. The maximum atomic E-state index is 14.9. The Bertz CT molecular complexity index is 1710. The number of nitrogens with one attached hydrogen (secondary N) is 3. The lowest BCUT2D eigenvalue weighted by Gasteiger charge is -2.32. The highest BCUT2D eigenvalue weighted by atomic mass is 32.1.